The summed E-state index contributed by atoms with van der Waals surface area (Å²) < 4.78 is 5.92. The fourth-order valence-electron chi connectivity index (χ4n) is 3.07. The summed E-state index contributed by atoms with van der Waals surface area (Å²) in [5, 5.41) is 2.91. The van der Waals surface area contributed by atoms with Crippen molar-refractivity contribution in [2.45, 2.75) is 13.3 Å². The van der Waals surface area contributed by atoms with Gasteiger partial charge in [-0.15, -0.1) is 0 Å². The predicted octanol–water partition coefficient (Wildman–Crippen LogP) is 5.42. The molecule has 0 unspecified atom stereocenters. The van der Waals surface area contributed by atoms with E-state index >= 15 is 0 Å². The monoisotopic (exact) mass is 395 g/mol. The number of carbonyl (C=O) groups excluding carboxylic acids is 1. The predicted molar refractivity (Wildman–Crippen MR) is 117 cm³/mol. The molecule has 1 heterocycles. The Labute approximate surface area is 175 Å². The summed E-state index contributed by atoms with van der Waals surface area (Å²) in [6, 6.07) is 26.8. The number of hydrogen-bond donors (Lipinski definition) is 1. The van der Waals surface area contributed by atoms with E-state index in [1.807, 2.05) is 85.8 Å². The Hall–Kier alpha value is -3.99. The van der Waals surface area contributed by atoms with E-state index in [1.54, 1.807) is 12.3 Å². The standard InChI is InChI=1S/C25H21N3O2/c1-18-21(17-26-24(27-18)16-19-10-4-2-5-11-19)25(29)28-22-14-8-9-15-23(22)30-20-12-6-3-7-13-20/h2-15,17H,16H2,1H3,(H,28,29). The molecule has 4 aromatic rings. The first-order valence-corrected chi connectivity index (χ1v) is 9.69. The van der Waals surface area contributed by atoms with E-state index in [4.69, 9.17) is 4.74 Å². The highest BCUT2D eigenvalue weighted by molar-refractivity contribution is 6.05. The first kappa shape index (κ1) is 19.3. The van der Waals surface area contributed by atoms with Gasteiger partial charge in [-0.05, 0) is 36.8 Å². The lowest BCUT2D eigenvalue weighted by molar-refractivity contribution is 0.102. The summed E-state index contributed by atoms with van der Waals surface area (Å²) in [7, 11) is 0. The first-order chi connectivity index (χ1) is 14.7. The molecule has 0 atom stereocenters. The maximum absolute atomic E-state index is 12.9. The molecule has 0 aliphatic rings. The SMILES string of the molecule is Cc1nc(Cc2ccccc2)ncc1C(=O)Nc1ccccc1Oc1ccccc1. The Morgan fingerprint density at radius 3 is 2.30 bits per heavy atom. The molecule has 1 N–H and O–H groups in total. The lowest BCUT2D eigenvalue weighted by atomic mass is 10.1. The Balaban J connectivity index is 1.50. The number of anilines is 1. The van der Waals surface area contributed by atoms with Crippen LogP contribution in [0.4, 0.5) is 5.69 Å². The number of ether oxygens (including phenoxy) is 1. The van der Waals surface area contributed by atoms with E-state index in [9.17, 15) is 4.79 Å². The summed E-state index contributed by atoms with van der Waals surface area (Å²) >= 11 is 0. The average Bonchev–Trinajstić information content (AvgIpc) is 2.76. The summed E-state index contributed by atoms with van der Waals surface area (Å²) in [5.74, 6) is 1.67. The molecule has 0 spiro atoms. The Morgan fingerprint density at radius 1 is 0.900 bits per heavy atom. The average molecular weight is 395 g/mol. The fraction of sp³-hybridized carbons (Fsp3) is 0.0800. The largest absolute Gasteiger partial charge is 0.455 e. The molecular formula is C25H21N3O2. The zero-order valence-corrected chi connectivity index (χ0v) is 16.6. The van der Waals surface area contributed by atoms with Crippen LogP contribution < -0.4 is 10.1 Å². The van der Waals surface area contributed by atoms with Crippen molar-refractivity contribution in [2.24, 2.45) is 0 Å². The van der Waals surface area contributed by atoms with Crippen LogP contribution in [0.2, 0.25) is 0 Å². The summed E-state index contributed by atoms with van der Waals surface area (Å²) in [6.45, 7) is 1.82. The Morgan fingerprint density at radius 2 is 1.57 bits per heavy atom. The molecule has 148 valence electrons. The number of carbonyl (C=O) groups is 1. The molecular weight excluding hydrogens is 374 g/mol. The number of para-hydroxylation sites is 3. The van der Waals surface area contributed by atoms with Crippen LogP contribution >= 0.6 is 0 Å². The van der Waals surface area contributed by atoms with Gasteiger partial charge in [-0.25, -0.2) is 9.97 Å². The normalized spacial score (nSPS) is 10.4. The van der Waals surface area contributed by atoms with Crippen molar-refractivity contribution < 1.29 is 9.53 Å². The van der Waals surface area contributed by atoms with Crippen molar-refractivity contribution in [3.05, 3.63) is 114 Å². The van der Waals surface area contributed by atoms with Crippen LogP contribution in [-0.2, 0) is 6.42 Å². The highest BCUT2D eigenvalue weighted by atomic mass is 16.5. The minimum Gasteiger partial charge on any atom is -0.455 e. The van der Waals surface area contributed by atoms with Gasteiger partial charge in [0.15, 0.2) is 5.75 Å². The van der Waals surface area contributed by atoms with E-state index < -0.39 is 0 Å². The zero-order chi connectivity index (χ0) is 20.8. The van der Waals surface area contributed by atoms with Gasteiger partial charge in [-0.2, -0.15) is 0 Å². The molecule has 0 aliphatic carbocycles. The quantitative estimate of drug-likeness (QED) is 0.473. The van der Waals surface area contributed by atoms with Gasteiger partial charge in [-0.1, -0.05) is 60.7 Å². The van der Waals surface area contributed by atoms with Crippen molar-refractivity contribution in [3.63, 3.8) is 0 Å². The number of nitrogens with zero attached hydrogens (tertiary/aromatic N) is 2. The van der Waals surface area contributed by atoms with Gasteiger partial charge in [0, 0.05) is 12.6 Å². The van der Waals surface area contributed by atoms with E-state index in [0.29, 0.717) is 40.7 Å². The third kappa shape index (κ3) is 4.70. The van der Waals surface area contributed by atoms with Gasteiger partial charge in [-0.3, -0.25) is 4.79 Å². The van der Waals surface area contributed by atoms with E-state index in [1.165, 1.54) is 0 Å². The zero-order valence-electron chi connectivity index (χ0n) is 16.6. The maximum Gasteiger partial charge on any atom is 0.259 e. The Kier molecular flexibility index (Phi) is 5.80. The molecule has 0 aliphatic heterocycles. The number of aryl methyl sites for hydroxylation is 1. The molecule has 5 nitrogen and oxygen atoms in total. The fourth-order valence-corrected chi connectivity index (χ4v) is 3.07. The van der Waals surface area contributed by atoms with Gasteiger partial charge in [0.2, 0.25) is 0 Å². The van der Waals surface area contributed by atoms with Crippen LogP contribution in [0.5, 0.6) is 11.5 Å². The van der Waals surface area contributed by atoms with Crippen molar-refractivity contribution in [1.29, 1.82) is 0 Å². The van der Waals surface area contributed by atoms with E-state index in [0.717, 1.165) is 5.56 Å². The molecule has 0 saturated carbocycles. The van der Waals surface area contributed by atoms with Crippen LogP contribution in [0, 0.1) is 6.92 Å². The van der Waals surface area contributed by atoms with E-state index in [2.05, 4.69) is 15.3 Å². The maximum atomic E-state index is 12.9. The van der Waals surface area contributed by atoms with Gasteiger partial charge in [0.1, 0.15) is 11.6 Å². The lowest BCUT2D eigenvalue weighted by Crippen LogP contribution is -2.16. The molecule has 0 fully saturated rings. The number of rotatable bonds is 6. The minimum atomic E-state index is -0.275. The molecule has 0 radical (unpaired) electrons. The second-order valence-corrected chi connectivity index (χ2v) is 6.81. The van der Waals surface area contributed by atoms with Gasteiger partial charge < -0.3 is 10.1 Å². The van der Waals surface area contributed by atoms with Crippen LogP contribution in [0.1, 0.15) is 27.4 Å². The summed E-state index contributed by atoms with van der Waals surface area (Å²) in [5.41, 5.74) is 2.77. The van der Waals surface area contributed by atoms with Crippen molar-refractivity contribution in [2.75, 3.05) is 5.32 Å². The molecule has 1 aromatic heterocycles. The van der Waals surface area contributed by atoms with Gasteiger partial charge in [0.05, 0.1) is 16.9 Å². The smallest absolute Gasteiger partial charge is 0.259 e. The third-order valence-electron chi connectivity index (χ3n) is 4.59. The number of benzene rings is 3. The van der Waals surface area contributed by atoms with Gasteiger partial charge in [0.25, 0.3) is 5.91 Å². The van der Waals surface area contributed by atoms with Crippen molar-refractivity contribution in [1.82, 2.24) is 9.97 Å². The lowest BCUT2D eigenvalue weighted by Gasteiger charge is -2.13. The summed E-state index contributed by atoms with van der Waals surface area (Å²) in [4.78, 5) is 21.8. The van der Waals surface area contributed by atoms with Crippen molar-refractivity contribution in [3.8, 4) is 11.5 Å². The second-order valence-electron chi connectivity index (χ2n) is 6.81. The Bertz CT molecular complexity index is 1150. The molecule has 0 bridgehead atoms. The molecule has 5 heteroatoms. The van der Waals surface area contributed by atoms with Crippen LogP contribution in [0.25, 0.3) is 0 Å². The molecule has 0 saturated heterocycles. The van der Waals surface area contributed by atoms with Crippen LogP contribution in [-0.4, -0.2) is 15.9 Å². The second kappa shape index (κ2) is 9.01. The molecule has 4 rings (SSSR count). The molecule has 30 heavy (non-hydrogen) atoms. The molecule has 1 amide bonds. The highest BCUT2D eigenvalue weighted by Gasteiger charge is 2.15. The highest BCUT2D eigenvalue weighted by Crippen LogP contribution is 2.29. The third-order valence-corrected chi connectivity index (χ3v) is 4.59. The topological polar surface area (TPSA) is 64.1 Å². The number of nitrogens with one attached hydrogen (secondary N) is 1. The summed E-state index contributed by atoms with van der Waals surface area (Å²) in [6.07, 6.45) is 2.20. The number of hydrogen-bond acceptors (Lipinski definition) is 4. The number of aromatic nitrogens is 2. The van der Waals surface area contributed by atoms with Gasteiger partial charge >= 0.3 is 0 Å². The minimum absolute atomic E-state index is 0.275. The van der Waals surface area contributed by atoms with E-state index in [-0.39, 0.29) is 5.91 Å². The van der Waals surface area contributed by atoms with Crippen LogP contribution in [0.3, 0.4) is 0 Å². The van der Waals surface area contributed by atoms with Crippen molar-refractivity contribution >= 4 is 11.6 Å². The number of amides is 1. The van der Waals surface area contributed by atoms with Crippen LogP contribution in [0.15, 0.2) is 91.1 Å². The molecule has 3 aromatic carbocycles. The first-order valence-electron chi connectivity index (χ1n) is 9.69.